The van der Waals surface area contributed by atoms with E-state index in [0.717, 1.165) is 5.56 Å². The lowest BCUT2D eigenvalue weighted by molar-refractivity contribution is -0.158. The summed E-state index contributed by atoms with van der Waals surface area (Å²) >= 11 is 0. The Hall–Kier alpha value is -2.48. The van der Waals surface area contributed by atoms with E-state index in [-0.39, 0.29) is 24.8 Å². The number of carbonyl (C=O) groups is 3. The number of hydrogen-bond donors (Lipinski definition) is 0. The number of halogens is 1. The van der Waals surface area contributed by atoms with Crippen molar-refractivity contribution in [1.29, 1.82) is 0 Å². The summed E-state index contributed by atoms with van der Waals surface area (Å²) in [5.74, 6) is -1.82. The Bertz CT molecular complexity index is 658. The van der Waals surface area contributed by atoms with Gasteiger partial charge in [-0.2, -0.15) is 0 Å². The van der Waals surface area contributed by atoms with Crippen LogP contribution in [0.1, 0.15) is 5.56 Å². The molecule has 2 aliphatic heterocycles. The third-order valence-electron chi connectivity index (χ3n) is 4.37. The molecule has 2 heterocycles. The van der Waals surface area contributed by atoms with Crippen LogP contribution in [0.3, 0.4) is 0 Å². The lowest BCUT2D eigenvalue weighted by Crippen LogP contribution is -2.56. The minimum absolute atomic E-state index is 0.0883. The smallest absolute Gasteiger partial charge is 0.312 e. The number of amides is 3. The fourth-order valence-electron chi connectivity index (χ4n) is 2.90. The highest BCUT2D eigenvalue weighted by Gasteiger charge is 2.34. The maximum absolute atomic E-state index is 12.9. The molecule has 7 nitrogen and oxygen atoms in total. The van der Waals surface area contributed by atoms with Crippen molar-refractivity contribution >= 4 is 17.7 Å². The number of ether oxygens (including phenoxy) is 1. The molecular weight excluding hydrogens is 329 g/mol. The van der Waals surface area contributed by atoms with Gasteiger partial charge in [0.05, 0.1) is 13.2 Å². The summed E-state index contributed by atoms with van der Waals surface area (Å²) in [6, 6.07) is 5.81. The second kappa shape index (κ2) is 7.60. The van der Waals surface area contributed by atoms with Crippen molar-refractivity contribution in [1.82, 2.24) is 14.7 Å². The van der Waals surface area contributed by atoms with Crippen molar-refractivity contribution in [2.45, 2.75) is 6.54 Å². The van der Waals surface area contributed by atoms with E-state index in [0.29, 0.717) is 39.4 Å². The molecule has 0 spiro atoms. The topological polar surface area (TPSA) is 70.2 Å². The van der Waals surface area contributed by atoms with E-state index in [4.69, 9.17) is 4.74 Å². The van der Waals surface area contributed by atoms with E-state index in [1.165, 1.54) is 21.9 Å². The largest absolute Gasteiger partial charge is 0.378 e. The van der Waals surface area contributed by atoms with Crippen molar-refractivity contribution in [2.75, 3.05) is 45.9 Å². The number of benzene rings is 1. The zero-order chi connectivity index (χ0) is 17.8. The van der Waals surface area contributed by atoms with Gasteiger partial charge in [-0.3, -0.25) is 14.4 Å². The summed E-state index contributed by atoms with van der Waals surface area (Å²) in [6.45, 7) is 2.80. The van der Waals surface area contributed by atoms with Crippen LogP contribution >= 0.6 is 0 Å². The molecule has 0 saturated carbocycles. The molecule has 0 N–H and O–H groups in total. The van der Waals surface area contributed by atoms with Crippen LogP contribution < -0.4 is 0 Å². The molecule has 134 valence electrons. The van der Waals surface area contributed by atoms with Crippen molar-refractivity contribution in [3.63, 3.8) is 0 Å². The first-order valence-electron chi connectivity index (χ1n) is 8.23. The fourth-order valence-corrected chi connectivity index (χ4v) is 2.90. The van der Waals surface area contributed by atoms with Gasteiger partial charge < -0.3 is 19.4 Å². The predicted octanol–water partition coefficient (Wildman–Crippen LogP) is -0.145. The normalized spacial score (nSPS) is 18.7. The van der Waals surface area contributed by atoms with Crippen LogP contribution in [0.5, 0.6) is 0 Å². The van der Waals surface area contributed by atoms with Crippen LogP contribution in [0.25, 0.3) is 0 Å². The van der Waals surface area contributed by atoms with Crippen LogP contribution in [0.2, 0.25) is 0 Å². The molecule has 1 aromatic rings. The summed E-state index contributed by atoms with van der Waals surface area (Å²) < 4.78 is 18.1. The summed E-state index contributed by atoms with van der Waals surface area (Å²) in [4.78, 5) is 41.2. The molecule has 2 fully saturated rings. The van der Waals surface area contributed by atoms with E-state index in [1.54, 1.807) is 17.0 Å². The molecule has 0 bridgehead atoms. The zero-order valence-electron chi connectivity index (χ0n) is 13.8. The lowest BCUT2D eigenvalue weighted by atomic mass is 10.2. The Labute approximate surface area is 144 Å². The average molecular weight is 349 g/mol. The third-order valence-corrected chi connectivity index (χ3v) is 4.37. The summed E-state index contributed by atoms with van der Waals surface area (Å²) in [7, 11) is 0. The van der Waals surface area contributed by atoms with Gasteiger partial charge in [0.1, 0.15) is 12.4 Å². The second-order valence-electron chi connectivity index (χ2n) is 6.07. The highest BCUT2D eigenvalue weighted by Crippen LogP contribution is 2.12. The molecule has 8 heteroatoms. The van der Waals surface area contributed by atoms with Gasteiger partial charge in [0.25, 0.3) is 0 Å². The summed E-state index contributed by atoms with van der Waals surface area (Å²) in [6.07, 6.45) is 0. The van der Waals surface area contributed by atoms with Crippen LogP contribution in [-0.2, 0) is 25.7 Å². The Balaban J connectivity index is 1.56. The molecule has 0 atom stereocenters. The number of morpholine rings is 1. The van der Waals surface area contributed by atoms with E-state index in [9.17, 15) is 18.8 Å². The quantitative estimate of drug-likeness (QED) is 0.709. The first-order chi connectivity index (χ1) is 12.0. The summed E-state index contributed by atoms with van der Waals surface area (Å²) in [5, 5.41) is 0. The Morgan fingerprint density at radius 1 is 0.960 bits per heavy atom. The van der Waals surface area contributed by atoms with Gasteiger partial charge in [-0.25, -0.2) is 4.39 Å². The zero-order valence-corrected chi connectivity index (χ0v) is 13.8. The third kappa shape index (κ3) is 4.14. The predicted molar refractivity (Wildman–Crippen MR) is 85.8 cm³/mol. The first-order valence-corrected chi connectivity index (χ1v) is 8.23. The van der Waals surface area contributed by atoms with E-state index < -0.39 is 11.8 Å². The average Bonchev–Trinajstić information content (AvgIpc) is 2.64. The number of carbonyl (C=O) groups excluding carboxylic acids is 3. The SMILES string of the molecule is O=C(CN1CCN(Cc2ccc(F)cc2)C(=O)C1=O)N1CCOCC1. The van der Waals surface area contributed by atoms with Gasteiger partial charge in [0.2, 0.25) is 5.91 Å². The van der Waals surface area contributed by atoms with Crippen molar-refractivity contribution in [3.8, 4) is 0 Å². The molecule has 0 radical (unpaired) electrons. The molecular formula is C17H20FN3O4. The van der Waals surface area contributed by atoms with Crippen molar-refractivity contribution in [3.05, 3.63) is 35.6 Å². The van der Waals surface area contributed by atoms with Crippen LogP contribution in [0.15, 0.2) is 24.3 Å². The van der Waals surface area contributed by atoms with Gasteiger partial charge in [-0.05, 0) is 17.7 Å². The first kappa shape index (κ1) is 17.3. The maximum Gasteiger partial charge on any atom is 0.312 e. The molecule has 2 saturated heterocycles. The Morgan fingerprint density at radius 3 is 2.24 bits per heavy atom. The van der Waals surface area contributed by atoms with Gasteiger partial charge >= 0.3 is 11.8 Å². The standard InChI is InChI=1S/C17H20FN3O4/c18-14-3-1-13(2-4-14)11-20-5-6-21(17(24)16(20)23)12-15(22)19-7-9-25-10-8-19/h1-4H,5-12H2. The van der Waals surface area contributed by atoms with Gasteiger partial charge in [0, 0.05) is 32.7 Å². The number of rotatable bonds is 4. The fraction of sp³-hybridized carbons (Fsp3) is 0.471. The molecule has 0 aliphatic carbocycles. The van der Waals surface area contributed by atoms with Crippen molar-refractivity contribution in [2.24, 2.45) is 0 Å². The van der Waals surface area contributed by atoms with E-state index >= 15 is 0 Å². The lowest BCUT2D eigenvalue weighted by Gasteiger charge is -2.35. The van der Waals surface area contributed by atoms with Crippen LogP contribution in [0, 0.1) is 5.82 Å². The second-order valence-corrected chi connectivity index (χ2v) is 6.07. The molecule has 3 amide bonds. The van der Waals surface area contributed by atoms with Crippen LogP contribution in [0.4, 0.5) is 4.39 Å². The van der Waals surface area contributed by atoms with Gasteiger partial charge in [-0.15, -0.1) is 0 Å². The molecule has 1 aromatic carbocycles. The monoisotopic (exact) mass is 349 g/mol. The number of nitrogens with zero attached hydrogens (tertiary/aromatic N) is 3. The number of piperazine rings is 1. The molecule has 3 rings (SSSR count). The maximum atomic E-state index is 12.9. The molecule has 0 aromatic heterocycles. The minimum Gasteiger partial charge on any atom is -0.378 e. The Morgan fingerprint density at radius 2 is 1.56 bits per heavy atom. The van der Waals surface area contributed by atoms with Crippen molar-refractivity contribution < 1.29 is 23.5 Å². The van der Waals surface area contributed by atoms with E-state index in [1.807, 2.05) is 0 Å². The Kier molecular flexibility index (Phi) is 5.28. The highest BCUT2D eigenvalue weighted by atomic mass is 19.1. The highest BCUT2D eigenvalue weighted by molar-refractivity contribution is 6.35. The molecule has 2 aliphatic rings. The molecule has 25 heavy (non-hydrogen) atoms. The van der Waals surface area contributed by atoms with E-state index in [2.05, 4.69) is 0 Å². The summed E-state index contributed by atoms with van der Waals surface area (Å²) in [5.41, 5.74) is 0.750. The van der Waals surface area contributed by atoms with Gasteiger partial charge in [0.15, 0.2) is 0 Å². The van der Waals surface area contributed by atoms with Gasteiger partial charge in [-0.1, -0.05) is 12.1 Å². The van der Waals surface area contributed by atoms with Crippen LogP contribution in [-0.4, -0.2) is 78.4 Å². The number of hydrogen-bond acceptors (Lipinski definition) is 4. The molecule has 0 unspecified atom stereocenters. The minimum atomic E-state index is -0.671.